The number of alkyl halides is 3. The van der Waals surface area contributed by atoms with E-state index >= 15 is 0 Å². The Balaban J connectivity index is 1.80. The topological polar surface area (TPSA) is 37.0 Å². The third-order valence-corrected chi connectivity index (χ3v) is 4.70. The Labute approximate surface area is 152 Å². The molecule has 0 bridgehead atoms. The molecule has 8 heteroatoms. The summed E-state index contributed by atoms with van der Waals surface area (Å²) in [7, 11) is 0. The van der Waals surface area contributed by atoms with E-state index in [-0.39, 0.29) is 11.3 Å². The van der Waals surface area contributed by atoms with Crippen LogP contribution >= 0.6 is 0 Å². The Morgan fingerprint density at radius 1 is 1.19 bits per heavy atom. The standard InChI is InChI=1S/C18H26F3N3O2/c1-17(2)13-23(6-5-22-17)12-14-3-4-15(24-7-9-25-10-8-24)11-16(14)26-18(19,20)21/h3-4,11,22H,5-10,12-13H2,1-2H3. The van der Waals surface area contributed by atoms with Crippen LogP contribution in [-0.4, -0.2) is 62.7 Å². The Morgan fingerprint density at radius 3 is 2.58 bits per heavy atom. The Hall–Kier alpha value is -1.51. The third kappa shape index (κ3) is 5.25. The van der Waals surface area contributed by atoms with E-state index in [1.54, 1.807) is 6.07 Å². The van der Waals surface area contributed by atoms with E-state index in [2.05, 4.69) is 28.8 Å². The minimum Gasteiger partial charge on any atom is -0.405 e. The highest BCUT2D eigenvalue weighted by Gasteiger charge is 2.33. The third-order valence-electron chi connectivity index (χ3n) is 4.70. The van der Waals surface area contributed by atoms with Gasteiger partial charge in [-0.15, -0.1) is 13.2 Å². The molecular formula is C18H26F3N3O2. The lowest BCUT2D eigenvalue weighted by molar-refractivity contribution is -0.275. The number of morpholine rings is 1. The molecule has 0 spiro atoms. The molecule has 2 fully saturated rings. The van der Waals surface area contributed by atoms with Gasteiger partial charge in [0.2, 0.25) is 0 Å². The maximum atomic E-state index is 12.9. The van der Waals surface area contributed by atoms with Crippen LogP contribution in [0.2, 0.25) is 0 Å². The summed E-state index contributed by atoms with van der Waals surface area (Å²) in [4.78, 5) is 4.17. The van der Waals surface area contributed by atoms with Crippen molar-refractivity contribution in [2.45, 2.75) is 32.3 Å². The van der Waals surface area contributed by atoms with Crippen molar-refractivity contribution >= 4 is 5.69 Å². The minimum absolute atomic E-state index is 0.0585. The first kappa shape index (κ1) is 19.3. The zero-order valence-electron chi connectivity index (χ0n) is 15.2. The number of nitrogens with zero attached hydrogens (tertiary/aromatic N) is 2. The van der Waals surface area contributed by atoms with Crippen molar-refractivity contribution in [2.75, 3.05) is 50.8 Å². The predicted octanol–water partition coefficient (Wildman–Crippen LogP) is 2.61. The van der Waals surface area contributed by atoms with Crippen molar-refractivity contribution < 1.29 is 22.6 Å². The number of ether oxygens (including phenoxy) is 2. The number of benzene rings is 1. The largest absolute Gasteiger partial charge is 0.573 e. The summed E-state index contributed by atoms with van der Waals surface area (Å²) in [6.07, 6.45) is -4.71. The number of anilines is 1. The van der Waals surface area contributed by atoms with Gasteiger partial charge in [0.25, 0.3) is 0 Å². The summed E-state index contributed by atoms with van der Waals surface area (Å²) in [5, 5.41) is 3.41. The van der Waals surface area contributed by atoms with Gasteiger partial charge in [0, 0.05) is 62.1 Å². The van der Waals surface area contributed by atoms with E-state index in [1.807, 2.05) is 11.0 Å². The highest BCUT2D eigenvalue weighted by Crippen LogP contribution is 2.32. The van der Waals surface area contributed by atoms with E-state index in [1.165, 1.54) is 6.07 Å². The average Bonchev–Trinajstić information content (AvgIpc) is 2.55. The summed E-state index contributed by atoms with van der Waals surface area (Å²) >= 11 is 0. The number of nitrogens with one attached hydrogen (secondary N) is 1. The highest BCUT2D eigenvalue weighted by molar-refractivity contribution is 5.54. The molecule has 1 aromatic rings. The highest BCUT2D eigenvalue weighted by atomic mass is 19.4. The van der Waals surface area contributed by atoms with Gasteiger partial charge >= 0.3 is 6.36 Å². The molecule has 2 heterocycles. The molecule has 2 aliphatic rings. The van der Waals surface area contributed by atoms with E-state index in [9.17, 15) is 13.2 Å². The van der Waals surface area contributed by atoms with Crippen LogP contribution in [0.15, 0.2) is 18.2 Å². The Morgan fingerprint density at radius 2 is 1.92 bits per heavy atom. The molecule has 2 aliphatic heterocycles. The number of piperazine rings is 1. The SMILES string of the molecule is CC1(C)CN(Cc2ccc(N3CCOCC3)cc2OC(F)(F)F)CCN1. The molecule has 0 aliphatic carbocycles. The number of rotatable bonds is 4. The second-order valence-electron chi connectivity index (χ2n) is 7.46. The number of hydrogen-bond donors (Lipinski definition) is 1. The first-order chi connectivity index (χ1) is 12.2. The van der Waals surface area contributed by atoms with E-state index in [4.69, 9.17) is 4.74 Å². The summed E-state index contributed by atoms with van der Waals surface area (Å²) < 4.78 is 48.4. The molecule has 0 unspecified atom stereocenters. The van der Waals surface area contributed by atoms with Crippen LogP contribution in [0, 0.1) is 0 Å². The Bertz CT molecular complexity index is 616. The molecule has 5 nitrogen and oxygen atoms in total. The smallest absolute Gasteiger partial charge is 0.405 e. The molecule has 1 N–H and O–H groups in total. The van der Waals surface area contributed by atoms with Crippen LogP contribution in [0.5, 0.6) is 5.75 Å². The number of halogens is 3. The fourth-order valence-electron chi connectivity index (χ4n) is 3.53. The molecule has 0 radical (unpaired) electrons. The summed E-state index contributed by atoms with van der Waals surface area (Å²) in [6.45, 7) is 9.47. The fraction of sp³-hybridized carbons (Fsp3) is 0.667. The maximum absolute atomic E-state index is 12.9. The maximum Gasteiger partial charge on any atom is 0.573 e. The number of hydrogen-bond acceptors (Lipinski definition) is 5. The van der Waals surface area contributed by atoms with Crippen LogP contribution in [0.1, 0.15) is 19.4 Å². The van der Waals surface area contributed by atoms with Gasteiger partial charge in [-0.3, -0.25) is 4.90 Å². The lowest BCUT2D eigenvalue weighted by Crippen LogP contribution is -2.56. The average molecular weight is 373 g/mol. The van der Waals surface area contributed by atoms with Crippen LogP contribution in [0.4, 0.5) is 18.9 Å². The van der Waals surface area contributed by atoms with Crippen molar-refractivity contribution in [3.8, 4) is 5.75 Å². The van der Waals surface area contributed by atoms with Crippen LogP contribution in [-0.2, 0) is 11.3 Å². The molecular weight excluding hydrogens is 347 g/mol. The van der Waals surface area contributed by atoms with Gasteiger partial charge in [-0.05, 0) is 19.9 Å². The predicted molar refractivity (Wildman–Crippen MR) is 93.5 cm³/mol. The second kappa shape index (κ2) is 7.62. The molecule has 26 heavy (non-hydrogen) atoms. The quantitative estimate of drug-likeness (QED) is 0.878. The van der Waals surface area contributed by atoms with Gasteiger partial charge in [-0.25, -0.2) is 0 Å². The van der Waals surface area contributed by atoms with E-state index in [0.29, 0.717) is 38.4 Å². The van der Waals surface area contributed by atoms with Gasteiger partial charge in [-0.2, -0.15) is 0 Å². The molecule has 0 aromatic heterocycles. The van der Waals surface area contributed by atoms with E-state index < -0.39 is 6.36 Å². The molecule has 2 saturated heterocycles. The van der Waals surface area contributed by atoms with Crippen molar-refractivity contribution in [3.05, 3.63) is 23.8 Å². The van der Waals surface area contributed by atoms with E-state index in [0.717, 1.165) is 25.3 Å². The first-order valence-electron chi connectivity index (χ1n) is 8.91. The van der Waals surface area contributed by atoms with Gasteiger partial charge in [0.15, 0.2) is 0 Å². The molecule has 146 valence electrons. The lowest BCUT2D eigenvalue weighted by Gasteiger charge is -2.39. The van der Waals surface area contributed by atoms with Crippen LogP contribution in [0.3, 0.4) is 0 Å². The Kier molecular flexibility index (Phi) is 5.64. The first-order valence-corrected chi connectivity index (χ1v) is 8.91. The molecule has 1 aromatic carbocycles. The molecule has 3 rings (SSSR count). The molecule has 0 amide bonds. The molecule has 0 saturated carbocycles. The fourth-order valence-corrected chi connectivity index (χ4v) is 3.53. The summed E-state index contributed by atoms with van der Waals surface area (Å²) in [5.74, 6) is -0.113. The monoisotopic (exact) mass is 373 g/mol. The zero-order valence-corrected chi connectivity index (χ0v) is 15.2. The van der Waals surface area contributed by atoms with Gasteiger partial charge in [0.05, 0.1) is 13.2 Å². The van der Waals surface area contributed by atoms with Crippen molar-refractivity contribution in [1.29, 1.82) is 0 Å². The van der Waals surface area contributed by atoms with Crippen LogP contribution < -0.4 is 15.0 Å². The lowest BCUT2D eigenvalue weighted by atomic mass is 10.0. The summed E-state index contributed by atoms with van der Waals surface area (Å²) in [6, 6.07) is 5.12. The summed E-state index contributed by atoms with van der Waals surface area (Å²) in [5.41, 5.74) is 1.23. The molecule has 0 atom stereocenters. The van der Waals surface area contributed by atoms with Crippen LogP contribution in [0.25, 0.3) is 0 Å². The normalized spacial score (nSPS) is 21.7. The second-order valence-corrected chi connectivity index (χ2v) is 7.46. The van der Waals surface area contributed by atoms with Crippen molar-refractivity contribution in [3.63, 3.8) is 0 Å². The zero-order chi connectivity index (χ0) is 18.8. The van der Waals surface area contributed by atoms with Gasteiger partial charge < -0.3 is 19.7 Å². The van der Waals surface area contributed by atoms with Gasteiger partial charge in [-0.1, -0.05) is 6.07 Å². The van der Waals surface area contributed by atoms with Crippen molar-refractivity contribution in [2.24, 2.45) is 0 Å². The van der Waals surface area contributed by atoms with Gasteiger partial charge in [0.1, 0.15) is 5.75 Å². The minimum atomic E-state index is -4.71. The van der Waals surface area contributed by atoms with Crippen molar-refractivity contribution in [1.82, 2.24) is 10.2 Å².